The van der Waals surface area contributed by atoms with Crippen LogP contribution in [0.15, 0.2) is 23.0 Å². The van der Waals surface area contributed by atoms with Gasteiger partial charge in [0.2, 0.25) is 0 Å². The lowest BCUT2D eigenvalue weighted by molar-refractivity contribution is 0.281. The van der Waals surface area contributed by atoms with Crippen molar-refractivity contribution >= 4 is 0 Å². The second-order valence-electron chi connectivity index (χ2n) is 3.91. The number of aliphatic hydroxyl groups is 1. The quantitative estimate of drug-likeness (QED) is 0.804. The van der Waals surface area contributed by atoms with Crippen molar-refractivity contribution in [1.82, 2.24) is 10.2 Å². The van der Waals surface area contributed by atoms with Crippen LogP contribution in [0.4, 0.5) is 0 Å². The van der Waals surface area contributed by atoms with Crippen LogP contribution in [0.25, 0.3) is 11.3 Å². The summed E-state index contributed by atoms with van der Waals surface area (Å²) in [5, 5.41) is 16.6. The van der Waals surface area contributed by atoms with Gasteiger partial charge in [0, 0.05) is 22.7 Å². The normalized spacial score (nSPS) is 15.8. The fraction of sp³-hybridized carbons (Fsp3) is 0.364. The Kier molecular flexibility index (Phi) is 1.89. The minimum absolute atomic E-state index is 0.0306. The summed E-state index contributed by atoms with van der Waals surface area (Å²) < 4.78 is 5.02. The lowest BCUT2D eigenvalue weighted by Gasteiger charge is -1.98. The van der Waals surface area contributed by atoms with Crippen LogP contribution in [0.3, 0.4) is 0 Å². The van der Waals surface area contributed by atoms with Gasteiger partial charge in [-0.05, 0) is 18.9 Å². The van der Waals surface area contributed by atoms with Crippen molar-refractivity contribution in [3.8, 4) is 11.3 Å². The molecule has 4 nitrogen and oxygen atoms in total. The molecule has 0 aliphatic heterocycles. The van der Waals surface area contributed by atoms with Crippen molar-refractivity contribution in [2.75, 3.05) is 0 Å². The Morgan fingerprint density at radius 3 is 3.00 bits per heavy atom. The molecule has 2 aromatic heterocycles. The fourth-order valence-electron chi connectivity index (χ4n) is 1.89. The standard InChI is InChI=1S/C11H12N2O2/c14-5-9-10(7-1-2-7)12-13-11(9)8-3-4-15-6-8/h3-4,6-7,14H,1-2,5H2,(H,12,13). The molecule has 0 aromatic carbocycles. The van der Waals surface area contributed by atoms with Gasteiger partial charge in [-0.1, -0.05) is 0 Å². The first kappa shape index (κ1) is 8.73. The van der Waals surface area contributed by atoms with Gasteiger partial charge >= 0.3 is 0 Å². The lowest BCUT2D eigenvalue weighted by Crippen LogP contribution is -1.90. The van der Waals surface area contributed by atoms with E-state index in [-0.39, 0.29) is 6.61 Å². The topological polar surface area (TPSA) is 62.1 Å². The van der Waals surface area contributed by atoms with E-state index in [2.05, 4.69) is 10.2 Å². The number of aromatic nitrogens is 2. The highest BCUT2D eigenvalue weighted by Crippen LogP contribution is 2.42. The molecule has 1 aliphatic rings. The van der Waals surface area contributed by atoms with Gasteiger partial charge in [0.05, 0.1) is 19.1 Å². The maximum Gasteiger partial charge on any atom is 0.101 e. The van der Waals surface area contributed by atoms with Crippen molar-refractivity contribution in [3.05, 3.63) is 29.9 Å². The molecule has 0 spiro atoms. The maximum atomic E-state index is 9.37. The largest absolute Gasteiger partial charge is 0.472 e. The first-order chi connectivity index (χ1) is 7.40. The van der Waals surface area contributed by atoms with E-state index in [1.807, 2.05) is 6.07 Å². The van der Waals surface area contributed by atoms with Gasteiger partial charge in [0.25, 0.3) is 0 Å². The average molecular weight is 204 g/mol. The number of aromatic amines is 1. The molecule has 0 amide bonds. The van der Waals surface area contributed by atoms with E-state index >= 15 is 0 Å². The molecule has 78 valence electrons. The molecule has 0 atom stereocenters. The summed E-state index contributed by atoms with van der Waals surface area (Å²) in [6.45, 7) is 0.0306. The number of H-pyrrole nitrogens is 1. The minimum atomic E-state index is 0.0306. The zero-order valence-corrected chi connectivity index (χ0v) is 8.23. The molecule has 2 aromatic rings. The number of rotatable bonds is 3. The summed E-state index contributed by atoms with van der Waals surface area (Å²) in [6.07, 6.45) is 5.65. The molecule has 1 fully saturated rings. The number of furan rings is 1. The molecule has 3 rings (SSSR count). The third-order valence-electron chi connectivity index (χ3n) is 2.84. The van der Waals surface area contributed by atoms with Gasteiger partial charge in [0.1, 0.15) is 5.69 Å². The fourth-order valence-corrected chi connectivity index (χ4v) is 1.89. The SMILES string of the molecule is OCc1c(-c2ccoc2)n[nH]c1C1CC1. The Bertz CT molecular complexity index is 455. The summed E-state index contributed by atoms with van der Waals surface area (Å²) in [6, 6.07) is 1.85. The molecule has 0 unspecified atom stereocenters. The van der Waals surface area contributed by atoms with Crippen LogP contribution in [0, 0.1) is 0 Å². The van der Waals surface area contributed by atoms with Crippen LogP contribution in [0.1, 0.15) is 30.0 Å². The van der Waals surface area contributed by atoms with Gasteiger partial charge < -0.3 is 9.52 Å². The molecule has 0 bridgehead atoms. The molecule has 2 heterocycles. The van der Waals surface area contributed by atoms with E-state index in [1.54, 1.807) is 12.5 Å². The van der Waals surface area contributed by atoms with Gasteiger partial charge in [-0.15, -0.1) is 0 Å². The van der Waals surface area contributed by atoms with Crippen LogP contribution in [-0.2, 0) is 6.61 Å². The zero-order valence-electron chi connectivity index (χ0n) is 8.23. The molecule has 1 aliphatic carbocycles. The van der Waals surface area contributed by atoms with E-state index < -0.39 is 0 Å². The Hall–Kier alpha value is -1.55. The molecular formula is C11H12N2O2. The first-order valence-corrected chi connectivity index (χ1v) is 5.10. The maximum absolute atomic E-state index is 9.37. The second-order valence-corrected chi connectivity index (χ2v) is 3.91. The van der Waals surface area contributed by atoms with Gasteiger partial charge in [-0.3, -0.25) is 5.10 Å². The third kappa shape index (κ3) is 1.37. The van der Waals surface area contributed by atoms with Crippen molar-refractivity contribution in [3.63, 3.8) is 0 Å². The second kappa shape index (κ2) is 3.24. The lowest BCUT2D eigenvalue weighted by atomic mass is 10.1. The Balaban J connectivity index is 2.07. The van der Waals surface area contributed by atoms with Crippen molar-refractivity contribution in [1.29, 1.82) is 0 Å². The van der Waals surface area contributed by atoms with E-state index in [1.165, 1.54) is 12.8 Å². The number of aliphatic hydroxyl groups excluding tert-OH is 1. The molecular weight excluding hydrogens is 192 g/mol. The molecule has 1 saturated carbocycles. The average Bonchev–Trinajstić information content (AvgIpc) is 2.83. The molecule has 15 heavy (non-hydrogen) atoms. The van der Waals surface area contributed by atoms with Crippen molar-refractivity contribution < 1.29 is 9.52 Å². The summed E-state index contributed by atoms with van der Waals surface area (Å²) in [5.41, 5.74) is 3.74. The van der Waals surface area contributed by atoms with E-state index in [0.717, 1.165) is 22.5 Å². The van der Waals surface area contributed by atoms with E-state index in [9.17, 15) is 5.11 Å². The highest BCUT2D eigenvalue weighted by atomic mass is 16.3. The molecule has 2 N–H and O–H groups in total. The minimum Gasteiger partial charge on any atom is -0.472 e. The van der Waals surface area contributed by atoms with Crippen LogP contribution < -0.4 is 0 Å². The predicted octanol–water partition coefficient (Wildman–Crippen LogP) is 2.04. The Labute approximate surface area is 86.9 Å². The predicted molar refractivity (Wildman–Crippen MR) is 54.2 cm³/mol. The molecule has 4 heteroatoms. The van der Waals surface area contributed by atoms with Gasteiger partial charge in [-0.25, -0.2) is 0 Å². The van der Waals surface area contributed by atoms with Crippen LogP contribution in [-0.4, -0.2) is 15.3 Å². The number of nitrogens with one attached hydrogen (secondary N) is 1. The summed E-state index contributed by atoms with van der Waals surface area (Å²) in [5.74, 6) is 0.570. The highest BCUT2D eigenvalue weighted by molar-refractivity contribution is 5.63. The van der Waals surface area contributed by atoms with Crippen molar-refractivity contribution in [2.24, 2.45) is 0 Å². The van der Waals surface area contributed by atoms with Gasteiger partial charge in [-0.2, -0.15) is 5.10 Å². The highest BCUT2D eigenvalue weighted by Gasteiger charge is 2.29. The van der Waals surface area contributed by atoms with Crippen LogP contribution in [0.2, 0.25) is 0 Å². The van der Waals surface area contributed by atoms with Crippen LogP contribution in [0.5, 0.6) is 0 Å². The molecule has 0 radical (unpaired) electrons. The number of hydrogen-bond acceptors (Lipinski definition) is 3. The first-order valence-electron chi connectivity index (χ1n) is 5.10. The van der Waals surface area contributed by atoms with Gasteiger partial charge in [0.15, 0.2) is 0 Å². The Morgan fingerprint density at radius 1 is 1.53 bits per heavy atom. The zero-order chi connectivity index (χ0) is 10.3. The van der Waals surface area contributed by atoms with Crippen molar-refractivity contribution in [2.45, 2.75) is 25.4 Å². The summed E-state index contributed by atoms with van der Waals surface area (Å²) in [4.78, 5) is 0. The van der Waals surface area contributed by atoms with E-state index in [0.29, 0.717) is 5.92 Å². The number of nitrogens with zero attached hydrogens (tertiary/aromatic N) is 1. The van der Waals surface area contributed by atoms with Crippen LogP contribution >= 0.6 is 0 Å². The monoisotopic (exact) mass is 204 g/mol. The number of hydrogen-bond donors (Lipinski definition) is 2. The van der Waals surface area contributed by atoms with E-state index in [4.69, 9.17) is 4.42 Å². The summed E-state index contributed by atoms with van der Waals surface area (Å²) in [7, 11) is 0. The Morgan fingerprint density at radius 2 is 2.40 bits per heavy atom. The third-order valence-corrected chi connectivity index (χ3v) is 2.84. The smallest absolute Gasteiger partial charge is 0.101 e. The summed E-state index contributed by atoms with van der Waals surface area (Å²) >= 11 is 0. The molecule has 0 saturated heterocycles.